The van der Waals surface area contributed by atoms with E-state index in [0.29, 0.717) is 12.1 Å². The van der Waals surface area contributed by atoms with E-state index < -0.39 is 6.61 Å². The Bertz CT molecular complexity index is 669. The van der Waals surface area contributed by atoms with E-state index in [1.807, 2.05) is 29.2 Å². The number of nitrogens with zero attached hydrogens (tertiary/aromatic N) is 2. The second-order valence-corrected chi connectivity index (χ2v) is 6.57. The van der Waals surface area contributed by atoms with Crippen LogP contribution in [0.4, 0.5) is 0 Å². The molecule has 0 bridgehead atoms. The van der Waals surface area contributed by atoms with Gasteiger partial charge < -0.3 is 10.0 Å². The van der Waals surface area contributed by atoms with Gasteiger partial charge in [0.2, 0.25) is 5.91 Å². The summed E-state index contributed by atoms with van der Waals surface area (Å²) in [5, 5.41) is 8.73. The molecule has 1 aromatic rings. The van der Waals surface area contributed by atoms with Gasteiger partial charge in [0.25, 0.3) is 0 Å². The molecule has 0 aromatic heterocycles. The van der Waals surface area contributed by atoms with Gasteiger partial charge in [-0.2, -0.15) is 0 Å². The normalized spacial score (nSPS) is 22.0. The third-order valence-corrected chi connectivity index (χ3v) is 4.62. The summed E-state index contributed by atoms with van der Waals surface area (Å²) < 4.78 is 0. The van der Waals surface area contributed by atoms with Crippen LogP contribution in [0.3, 0.4) is 0 Å². The first-order chi connectivity index (χ1) is 11.9. The van der Waals surface area contributed by atoms with Crippen LogP contribution in [0.15, 0.2) is 36.4 Å². The Hall–Kier alpha value is -2.24. The lowest BCUT2D eigenvalue weighted by molar-refractivity contribution is -0.129. The number of piperazine rings is 1. The number of ketones is 1. The van der Waals surface area contributed by atoms with Gasteiger partial charge in [-0.1, -0.05) is 24.3 Å². The largest absolute Gasteiger partial charge is 0.388 e. The molecule has 2 atom stereocenters. The molecule has 5 heteroatoms. The van der Waals surface area contributed by atoms with Crippen molar-refractivity contribution in [3.63, 3.8) is 0 Å². The molecule has 0 unspecified atom stereocenters. The van der Waals surface area contributed by atoms with Gasteiger partial charge in [-0.25, -0.2) is 0 Å². The molecular formula is C20H26N2O3. The van der Waals surface area contributed by atoms with Gasteiger partial charge in [-0.3, -0.25) is 14.5 Å². The van der Waals surface area contributed by atoms with Gasteiger partial charge in [0.15, 0.2) is 5.78 Å². The van der Waals surface area contributed by atoms with E-state index in [0.717, 1.165) is 24.2 Å². The van der Waals surface area contributed by atoms with Gasteiger partial charge in [-0.15, -0.1) is 0 Å². The second-order valence-electron chi connectivity index (χ2n) is 6.57. The van der Waals surface area contributed by atoms with Crippen LogP contribution in [0.1, 0.15) is 25.0 Å². The molecule has 0 aliphatic carbocycles. The zero-order chi connectivity index (χ0) is 18.4. The van der Waals surface area contributed by atoms with E-state index in [-0.39, 0.29) is 11.7 Å². The summed E-state index contributed by atoms with van der Waals surface area (Å²) in [6.07, 6.45) is 6.40. The average Bonchev–Trinajstić information content (AvgIpc) is 2.62. The predicted octanol–water partition coefficient (Wildman–Crippen LogP) is 1.83. The van der Waals surface area contributed by atoms with Crippen LogP contribution >= 0.6 is 0 Å². The zero-order valence-corrected chi connectivity index (χ0v) is 15.1. The molecule has 0 spiro atoms. The fourth-order valence-corrected chi connectivity index (χ4v) is 2.87. The molecular weight excluding hydrogens is 316 g/mol. The number of rotatable bonds is 5. The Morgan fingerprint density at radius 2 is 1.68 bits per heavy atom. The molecule has 1 fully saturated rings. The number of amides is 1. The van der Waals surface area contributed by atoms with Crippen LogP contribution in [0.5, 0.6) is 0 Å². The van der Waals surface area contributed by atoms with Crippen LogP contribution in [0, 0.1) is 0 Å². The number of aliphatic hydroxyl groups is 1. The summed E-state index contributed by atoms with van der Waals surface area (Å²) in [5.74, 6) is -0.322. The van der Waals surface area contributed by atoms with E-state index in [4.69, 9.17) is 5.11 Å². The second kappa shape index (κ2) is 8.74. The number of benzene rings is 1. The van der Waals surface area contributed by atoms with Crippen molar-refractivity contribution in [2.75, 3.05) is 26.7 Å². The van der Waals surface area contributed by atoms with E-state index in [9.17, 15) is 9.59 Å². The topological polar surface area (TPSA) is 60.9 Å². The van der Waals surface area contributed by atoms with E-state index in [1.54, 1.807) is 18.2 Å². The Kier molecular flexibility index (Phi) is 6.67. The summed E-state index contributed by atoms with van der Waals surface area (Å²) in [7, 11) is 2.09. The van der Waals surface area contributed by atoms with Crippen LogP contribution in [0.25, 0.3) is 12.2 Å². The number of hydrogen-bond donors (Lipinski definition) is 1. The molecule has 1 N–H and O–H groups in total. The Morgan fingerprint density at radius 3 is 2.24 bits per heavy atom. The lowest BCUT2D eigenvalue weighted by Gasteiger charge is -2.42. The monoisotopic (exact) mass is 342 g/mol. The molecule has 1 aromatic carbocycles. The van der Waals surface area contributed by atoms with E-state index in [1.165, 1.54) is 6.08 Å². The van der Waals surface area contributed by atoms with Crippen molar-refractivity contribution in [2.45, 2.75) is 25.9 Å². The molecule has 0 radical (unpaired) electrons. The number of likely N-dealkylation sites (N-methyl/N-ethyl adjacent to an activating group) is 1. The molecule has 5 nitrogen and oxygen atoms in total. The fourth-order valence-electron chi connectivity index (χ4n) is 2.87. The maximum atomic E-state index is 12.4. The first-order valence-electron chi connectivity index (χ1n) is 8.51. The Labute approximate surface area is 149 Å². The van der Waals surface area contributed by atoms with Crippen LogP contribution < -0.4 is 0 Å². The summed E-state index contributed by atoms with van der Waals surface area (Å²) in [4.78, 5) is 27.7. The predicted molar refractivity (Wildman–Crippen MR) is 99.9 cm³/mol. The van der Waals surface area contributed by atoms with Crippen molar-refractivity contribution < 1.29 is 14.7 Å². The minimum absolute atomic E-state index is 0.0169. The highest BCUT2D eigenvalue weighted by molar-refractivity contribution is 5.94. The van der Waals surface area contributed by atoms with Crippen LogP contribution in [-0.2, 0) is 9.59 Å². The maximum Gasteiger partial charge on any atom is 0.246 e. The molecule has 25 heavy (non-hydrogen) atoms. The molecule has 0 saturated carbocycles. The number of carbonyl (C=O) groups is 2. The summed E-state index contributed by atoms with van der Waals surface area (Å²) in [5.41, 5.74) is 1.74. The van der Waals surface area contributed by atoms with Crippen molar-refractivity contribution in [1.29, 1.82) is 0 Å². The van der Waals surface area contributed by atoms with Crippen molar-refractivity contribution in [3.8, 4) is 0 Å². The molecule has 1 heterocycles. The summed E-state index contributed by atoms with van der Waals surface area (Å²) in [6.45, 7) is 5.23. The SMILES string of the molecule is C[C@@H]1CN(C(=O)/C=C/c2cccc(/C=C/C(=O)CO)c2)C[C@H](C)N1C. The van der Waals surface area contributed by atoms with Crippen LogP contribution in [-0.4, -0.2) is 65.4 Å². The number of carbonyl (C=O) groups excluding carboxylic acids is 2. The minimum Gasteiger partial charge on any atom is -0.388 e. The molecule has 1 aliphatic heterocycles. The molecule has 2 rings (SSSR count). The van der Waals surface area contributed by atoms with Crippen molar-refractivity contribution in [3.05, 3.63) is 47.5 Å². The summed E-state index contributed by atoms with van der Waals surface area (Å²) >= 11 is 0. The number of aliphatic hydroxyl groups excluding tert-OH is 1. The van der Waals surface area contributed by atoms with Crippen molar-refractivity contribution in [1.82, 2.24) is 9.80 Å². The number of hydrogen-bond acceptors (Lipinski definition) is 4. The zero-order valence-electron chi connectivity index (χ0n) is 15.1. The molecule has 1 amide bonds. The molecule has 1 saturated heterocycles. The third kappa shape index (κ3) is 5.37. The highest BCUT2D eigenvalue weighted by Crippen LogP contribution is 2.14. The van der Waals surface area contributed by atoms with Gasteiger partial charge in [0.05, 0.1) is 0 Å². The highest BCUT2D eigenvalue weighted by atomic mass is 16.3. The average molecular weight is 342 g/mol. The first kappa shape index (κ1) is 19.1. The Balaban J connectivity index is 2.02. The minimum atomic E-state index is -0.494. The van der Waals surface area contributed by atoms with Gasteiger partial charge in [0.1, 0.15) is 6.61 Å². The van der Waals surface area contributed by atoms with Crippen LogP contribution in [0.2, 0.25) is 0 Å². The smallest absolute Gasteiger partial charge is 0.246 e. The third-order valence-electron chi connectivity index (χ3n) is 4.62. The van der Waals surface area contributed by atoms with Crippen molar-refractivity contribution >= 4 is 23.8 Å². The van der Waals surface area contributed by atoms with Gasteiger partial charge in [0, 0.05) is 31.2 Å². The fraction of sp³-hybridized carbons (Fsp3) is 0.400. The van der Waals surface area contributed by atoms with E-state index >= 15 is 0 Å². The Morgan fingerprint density at radius 1 is 1.12 bits per heavy atom. The highest BCUT2D eigenvalue weighted by Gasteiger charge is 2.28. The van der Waals surface area contributed by atoms with Gasteiger partial charge in [-0.05, 0) is 50.2 Å². The maximum absolute atomic E-state index is 12.4. The molecule has 1 aliphatic rings. The standard InChI is InChI=1S/C20H26N2O3/c1-15-12-22(13-16(2)21(15)3)20(25)10-8-18-6-4-5-17(11-18)7-9-19(24)14-23/h4-11,15-16,23H,12-14H2,1-3H3/b9-7+,10-8+/t15-,16+. The van der Waals surface area contributed by atoms with Crippen molar-refractivity contribution in [2.24, 2.45) is 0 Å². The molecule has 134 valence electrons. The lowest BCUT2D eigenvalue weighted by Crippen LogP contribution is -2.56. The lowest BCUT2D eigenvalue weighted by atomic mass is 10.1. The summed E-state index contributed by atoms with van der Waals surface area (Å²) in [6, 6.07) is 8.22. The van der Waals surface area contributed by atoms with Gasteiger partial charge >= 0.3 is 0 Å². The van der Waals surface area contributed by atoms with E-state index in [2.05, 4.69) is 25.8 Å². The quantitative estimate of drug-likeness (QED) is 0.830. The first-order valence-corrected chi connectivity index (χ1v) is 8.51.